The van der Waals surface area contributed by atoms with Gasteiger partial charge in [-0.25, -0.2) is 8.42 Å². The second-order valence-corrected chi connectivity index (χ2v) is 8.81. The molecule has 0 spiro atoms. The van der Waals surface area contributed by atoms with Crippen LogP contribution in [0.1, 0.15) is 38.1 Å². The van der Waals surface area contributed by atoms with Crippen molar-refractivity contribution in [3.8, 4) is 0 Å². The molecule has 6 heteroatoms. The zero-order valence-electron chi connectivity index (χ0n) is 13.8. The lowest BCUT2D eigenvalue weighted by Crippen LogP contribution is -2.37. The molecular weight excluding hydrogens is 322 g/mol. The van der Waals surface area contributed by atoms with Gasteiger partial charge >= 0.3 is 0 Å². The Morgan fingerprint density at radius 1 is 1.14 bits per heavy atom. The van der Waals surface area contributed by atoms with Crippen molar-refractivity contribution in [3.63, 3.8) is 0 Å². The highest BCUT2D eigenvalue weighted by Crippen LogP contribution is 2.23. The van der Waals surface area contributed by atoms with E-state index in [1.54, 1.807) is 11.0 Å². The normalized spacial score (nSPS) is 12.0. The Bertz CT molecular complexity index is 629. The summed E-state index contributed by atoms with van der Waals surface area (Å²) in [4.78, 5) is 14.5. The minimum absolute atomic E-state index is 0.00550. The van der Waals surface area contributed by atoms with Crippen molar-refractivity contribution in [2.75, 3.05) is 19.3 Å². The minimum atomic E-state index is -3.46. The molecule has 0 aliphatic rings. The van der Waals surface area contributed by atoms with Crippen LogP contribution in [-0.2, 0) is 9.84 Å². The molecule has 1 aromatic carbocycles. The summed E-state index contributed by atoms with van der Waals surface area (Å²) in [5.41, 5.74) is 0.353. The highest BCUT2D eigenvalue weighted by atomic mass is 35.5. The van der Waals surface area contributed by atoms with Gasteiger partial charge in [0, 0.05) is 24.9 Å². The zero-order chi connectivity index (χ0) is 17.1. The molecule has 0 fully saturated rings. The lowest BCUT2D eigenvalue weighted by Gasteiger charge is -2.26. The second kappa shape index (κ2) is 7.47. The van der Waals surface area contributed by atoms with Crippen LogP contribution in [0.5, 0.6) is 0 Å². The maximum Gasteiger partial charge on any atom is 0.253 e. The van der Waals surface area contributed by atoms with Gasteiger partial charge in [-0.2, -0.15) is 0 Å². The molecule has 4 nitrogen and oxygen atoms in total. The van der Waals surface area contributed by atoms with Crippen molar-refractivity contribution >= 4 is 27.3 Å². The first kappa shape index (κ1) is 19.0. The van der Waals surface area contributed by atoms with E-state index in [4.69, 9.17) is 11.6 Å². The molecule has 124 valence electrons. The van der Waals surface area contributed by atoms with E-state index < -0.39 is 9.84 Å². The van der Waals surface area contributed by atoms with Gasteiger partial charge in [0.25, 0.3) is 5.91 Å². The molecule has 0 unspecified atom stereocenters. The molecule has 0 saturated carbocycles. The number of halogens is 1. The molecule has 0 bridgehead atoms. The van der Waals surface area contributed by atoms with Gasteiger partial charge in [-0.15, -0.1) is 0 Å². The molecule has 0 aliphatic heterocycles. The number of sulfone groups is 1. The topological polar surface area (TPSA) is 54.5 Å². The van der Waals surface area contributed by atoms with Gasteiger partial charge in [0.1, 0.15) is 0 Å². The number of hydrogen-bond acceptors (Lipinski definition) is 3. The molecule has 1 amide bonds. The summed E-state index contributed by atoms with van der Waals surface area (Å²) in [5, 5.41) is 0.137. The van der Waals surface area contributed by atoms with Crippen LogP contribution < -0.4 is 0 Å². The monoisotopic (exact) mass is 345 g/mol. The quantitative estimate of drug-likeness (QED) is 0.792. The Kier molecular flexibility index (Phi) is 6.44. The lowest BCUT2D eigenvalue weighted by molar-refractivity contribution is 0.0715. The third-order valence-corrected chi connectivity index (χ3v) is 4.61. The van der Waals surface area contributed by atoms with Gasteiger partial charge in [0.05, 0.1) is 9.92 Å². The van der Waals surface area contributed by atoms with Crippen molar-refractivity contribution in [3.05, 3.63) is 28.8 Å². The molecular formula is C16H24ClNO3S. The van der Waals surface area contributed by atoms with Crippen LogP contribution in [0.3, 0.4) is 0 Å². The van der Waals surface area contributed by atoms with E-state index in [0.29, 0.717) is 30.5 Å². The van der Waals surface area contributed by atoms with Crippen LogP contribution in [-0.4, -0.2) is 38.6 Å². The van der Waals surface area contributed by atoms with Gasteiger partial charge in [-0.3, -0.25) is 4.79 Å². The number of benzene rings is 1. The fourth-order valence-electron chi connectivity index (χ4n) is 2.23. The van der Waals surface area contributed by atoms with Crippen LogP contribution >= 0.6 is 11.6 Å². The number of carbonyl (C=O) groups excluding carboxylic acids is 1. The molecule has 0 atom stereocenters. The molecule has 0 N–H and O–H groups in total. The van der Waals surface area contributed by atoms with Gasteiger partial charge in [-0.05, 0) is 30.0 Å². The van der Waals surface area contributed by atoms with E-state index in [0.717, 1.165) is 6.26 Å². The van der Waals surface area contributed by atoms with Gasteiger partial charge < -0.3 is 4.90 Å². The summed E-state index contributed by atoms with van der Waals surface area (Å²) >= 11 is 5.93. The first-order valence-corrected chi connectivity index (χ1v) is 9.58. The fraction of sp³-hybridized carbons (Fsp3) is 0.562. The molecule has 0 aromatic heterocycles. The Morgan fingerprint density at radius 2 is 1.64 bits per heavy atom. The second-order valence-electron chi connectivity index (χ2n) is 6.42. The van der Waals surface area contributed by atoms with Crippen LogP contribution in [0.4, 0.5) is 0 Å². The van der Waals surface area contributed by atoms with Crippen molar-refractivity contribution < 1.29 is 13.2 Å². The highest BCUT2D eigenvalue weighted by molar-refractivity contribution is 7.90. The number of hydrogen-bond donors (Lipinski definition) is 0. The van der Waals surface area contributed by atoms with Crippen molar-refractivity contribution in [2.45, 2.75) is 32.6 Å². The molecule has 1 rings (SSSR count). The predicted octanol–water partition coefficient (Wildman–Crippen LogP) is 3.50. The van der Waals surface area contributed by atoms with Crippen molar-refractivity contribution in [1.82, 2.24) is 4.90 Å². The van der Waals surface area contributed by atoms with Crippen molar-refractivity contribution in [1.29, 1.82) is 0 Å². The smallest absolute Gasteiger partial charge is 0.253 e. The summed E-state index contributed by atoms with van der Waals surface area (Å²) in [6, 6.07) is 4.41. The summed E-state index contributed by atoms with van der Waals surface area (Å²) in [6.07, 6.45) is 1.09. The summed E-state index contributed by atoms with van der Waals surface area (Å²) in [5.74, 6) is 0.512. The van der Waals surface area contributed by atoms with Gasteiger partial charge in [0.2, 0.25) is 0 Å². The van der Waals surface area contributed by atoms with Crippen LogP contribution in [0.2, 0.25) is 5.02 Å². The largest absolute Gasteiger partial charge is 0.338 e. The molecule has 1 aromatic rings. The maximum absolute atomic E-state index is 12.7. The SMILES string of the molecule is CC(C)CN(CC(C)C)C(=O)c1ccc(Cl)c(S(C)(=O)=O)c1. The van der Waals surface area contributed by atoms with Gasteiger partial charge in [0.15, 0.2) is 9.84 Å². The lowest BCUT2D eigenvalue weighted by atomic mass is 10.1. The third kappa shape index (κ3) is 5.29. The molecule has 0 aliphatic carbocycles. The van der Waals surface area contributed by atoms with E-state index in [1.807, 2.05) is 27.7 Å². The summed E-state index contributed by atoms with van der Waals surface area (Å²) in [6.45, 7) is 9.45. The predicted molar refractivity (Wildman–Crippen MR) is 90.1 cm³/mol. The van der Waals surface area contributed by atoms with E-state index in [2.05, 4.69) is 0 Å². The third-order valence-electron chi connectivity index (χ3n) is 3.04. The first-order chi connectivity index (χ1) is 10.0. The molecule has 0 heterocycles. The van der Waals surface area contributed by atoms with E-state index in [9.17, 15) is 13.2 Å². The summed E-state index contributed by atoms with van der Waals surface area (Å²) < 4.78 is 23.5. The van der Waals surface area contributed by atoms with E-state index in [1.165, 1.54) is 12.1 Å². The molecule has 0 saturated heterocycles. The molecule has 0 radical (unpaired) electrons. The Labute approximate surface area is 138 Å². The first-order valence-electron chi connectivity index (χ1n) is 7.31. The van der Waals surface area contributed by atoms with Crippen LogP contribution in [0.25, 0.3) is 0 Å². The average molecular weight is 346 g/mol. The van der Waals surface area contributed by atoms with E-state index >= 15 is 0 Å². The Hall–Kier alpha value is -1.07. The van der Waals surface area contributed by atoms with E-state index in [-0.39, 0.29) is 15.8 Å². The standard InChI is InChI=1S/C16H24ClNO3S/c1-11(2)9-18(10-12(3)4)16(19)13-6-7-14(17)15(8-13)22(5,20)21/h6-8,11-12H,9-10H2,1-5H3. The fourth-order valence-corrected chi connectivity index (χ4v) is 3.53. The average Bonchev–Trinajstić information content (AvgIpc) is 2.35. The summed E-state index contributed by atoms with van der Waals surface area (Å²) in [7, 11) is -3.46. The zero-order valence-corrected chi connectivity index (χ0v) is 15.3. The van der Waals surface area contributed by atoms with Crippen molar-refractivity contribution in [2.24, 2.45) is 11.8 Å². The number of amides is 1. The van der Waals surface area contributed by atoms with Gasteiger partial charge in [-0.1, -0.05) is 39.3 Å². The number of rotatable bonds is 6. The number of nitrogens with zero attached hydrogens (tertiary/aromatic N) is 1. The Balaban J connectivity index is 3.19. The Morgan fingerprint density at radius 3 is 2.05 bits per heavy atom. The molecule has 22 heavy (non-hydrogen) atoms. The van der Waals surface area contributed by atoms with Crippen LogP contribution in [0.15, 0.2) is 23.1 Å². The highest BCUT2D eigenvalue weighted by Gasteiger charge is 2.21. The maximum atomic E-state index is 12.7. The van der Waals surface area contributed by atoms with Crippen LogP contribution in [0, 0.1) is 11.8 Å². The minimum Gasteiger partial charge on any atom is -0.338 e. The number of carbonyl (C=O) groups is 1.